The van der Waals surface area contributed by atoms with Crippen LogP contribution in [-0.2, 0) is 12.7 Å². The highest BCUT2D eigenvalue weighted by Crippen LogP contribution is 2.33. The van der Waals surface area contributed by atoms with Crippen LogP contribution in [0.4, 0.5) is 18.9 Å². The molecule has 0 atom stereocenters. The number of nitrogens with zero attached hydrogens (tertiary/aromatic N) is 3. The van der Waals surface area contributed by atoms with Crippen LogP contribution in [0.15, 0.2) is 72.9 Å². The average molecular weight is 444 g/mol. The maximum absolute atomic E-state index is 13.7. The lowest BCUT2D eigenvalue weighted by Gasteiger charge is -2.23. The van der Waals surface area contributed by atoms with Crippen molar-refractivity contribution in [3.8, 4) is 0 Å². The molecule has 0 unspecified atom stereocenters. The predicted octanol–water partition coefficient (Wildman–Crippen LogP) is 6.16. The minimum absolute atomic E-state index is 0.0304. The molecular formula is C23H17ClF3N3O. The lowest BCUT2D eigenvalue weighted by Crippen LogP contribution is -2.32. The number of para-hydroxylation sites is 1. The molecule has 0 aliphatic rings. The third-order valence-corrected chi connectivity index (χ3v) is 5.15. The van der Waals surface area contributed by atoms with Crippen molar-refractivity contribution in [1.29, 1.82) is 0 Å². The van der Waals surface area contributed by atoms with Gasteiger partial charge in [-0.05, 0) is 30.7 Å². The Morgan fingerprint density at radius 1 is 1.06 bits per heavy atom. The van der Waals surface area contributed by atoms with Crippen molar-refractivity contribution in [2.45, 2.75) is 19.6 Å². The number of aromatic nitrogens is 2. The fourth-order valence-electron chi connectivity index (χ4n) is 3.41. The molecule has 158 valence electrons. The summed E-state index contributed by atoms with van der Waals surface area (Å²) in [5, 5.41) is -0.175. The number of pyridine rings is 1. The summed E-state index contributed by atoms with van der Waals surface area (Å²) in [6.45, 7) is 1.82. The van der Waals surface area contributed by atoms with Crippen LogP contribution in [0, 0.1) is 6.92 Å². The summed E-state index contributed by atoms with van der Waals surface area (Å²) in [6.07, 6.45) is -3.75. The summed E-state index contributed by atoms with van der Waals surface area (Å²) in [4.78, 5) is 19.4. The van der Waals surface area contributed by atoms with Gasteiger partial charge in [-0.1, -0.05) is 60.1 Å². The topological polar surface area (TPSA) is 37.6 Å². The highest BCUT2D eigenvalue weighted by atomic mass is 35.5. The Balaban J connectivity index is 1.87. The highest BCUT2D eigenvalue weighted by molar-refractivity contribution is 6.33. The second-order valence-electron chi connectivity index (χ2n) is 7.03. The molecule has 0 spiro atoms. The monoisotopic (exact) mass is 443 g/mol. The van der Waals surface area contributed by atoms with E-state index in [0.717, 1.165) is 22.2 Å². The van der Waals surface area contributed by atoms with Crippen LogP contribution in [0.25, 0.3) is 5.65 Å². The third-order valence-electron chi connectivity index (χ3n) is 4.88. The molecule has 4 rings (SSSR count). The lowest BCUT2D eigenvalue weighted by molar-refractivity contribution is -0.137. The Kier molecular flexibility index (Phi) is 5.45. The number of carbonyl (C=O) groups excluding carboxylic acids is 1. The van der Waals surface area contributed by atoms with Gasteiger partial charge >= 0.3 is 6.18 Å². The standard InChI is InChI=1S/C23H17ClF3N3O/c1-15-20(30-14-17(23(25,26)27)12-19(24)21(30)28-15)22(31)29(18-10-6-3-7-11-18)13-16-8-4-2-5-9-16/h2-12,14H,13H2,1H3. The second kappa shape index (κ2) is 8.07. The molecular weight excluding hydrogens is 427 g/mol. The fraction of sp³-hybridized carbons (Fsp3) is 0.130. The zero-order valence-electron chi connectivity index (χ0n) is 16.4. The molecule has 0 saturated heterocycles. The number of halogens is 4. The Hall–Kier alpha value is -3.32. The first-order chi connectivity index (χ1) is 14.8. The van der Waals surface area contributed by atoms with Crippen LogP contribution in [0.2, 0.25) is 5.02 Å². The molecule has 0 aliphatic heterocycles. The summed E-state index contributed by atoms with van der Waals surface area (Å²) >= 11 is 6.08. The summed E-state index contributed by atoms with van der Waals surface area (Å²) in [5.41, 5.74) is 0.959. The summed E-state index contributed by atoms with van der Waals surface area (Å²) in [5.74, 6) is -0.476. The number of anilines is 1. The van der Waals surface area contributed by atoms with Crippen LogP contribution in [-0.4, -0.2) is 15.3 Å². The second-order valence-corrected chi connectivity index (χ2v) is 7.43. The highest BCUT2D eigenvalue weighted by Gasteiger charge is 2.33. The van der Waals surface area contributed by atoms with Crippen molar-refractivity contribution in [3.05, 3.63) is 100 Å². The minimum atomic E-state index is -4.61. The number of carbonyl (C=O) groups is 1. The molecule has 0 fully saturated rings. The van der Waals surface area contributed by atoms with Gasteiger partial charge in [0.25, 0.3) is 5.91 Å². The van der Waals surface area contributed by atoms with Gasteiger partial charge < -0.3 is 4.90 Å². The Bertz CT molecular complexity index is 1240. The van der Waals surface area contributed by atoms with Crippen LogP contribution >= 0.6 is 11.6 Å². The number of amides is 1. The van der Waals surface area contributed by atoms with Crippen molar-refractivity contribution >= 4 is 28.8 Å². The minimum Gasteiger partial charge on any atom is -0.303 e. The van der Waals surface area contributed by atoms with E-state index >= 15 is 0 Å². The molecule has 0 bridgehead atoms. The van der Waals surface area contributed by atoms with Gasteiger partial charge in [-0.3, -0.25) is 9.20 Å². The van der Waals surface area contributed by atoms with Gasteiger partial charge in [-0.2, -0.15) is 13.2 Å². The number of imidazole rings is 1. The number of rotatable bonds is 4. The molecule has 4 aromatic rings. The number of hydrogen-bond donors (Lipinski definition) is 0. The van der Waals surface area contributed by atoms with Crippen molar-refractivity contribution in [2.24, 2.45) is 0 Å². The van der Waals surface area contributed by atoms with Crippen molar-refractivity contribution < 1.29 is 18.0 Å². The van der Waals surface area contributed by atoms with E-state index in [2.05, 4.69) is 4.98 Å². The molecule has 0 saturated carbocycles. The van der Waals surface area contributed by atoms with Gasteiger partial charge in [0.2, 0.25) is 0 Å². The summed E-state index contributed by atoms with van der Waals surface area (Å²) in [7, 11) is 0. The summed E-state index contributed by atoms with van der Waals surface area (Å²) < 4.78 is 41.2. The number of alkyl halides is 3. The van der Waals surface area contributed by atoms with E-state index in [-0.39, 0.29) is 22.9 Å². The van der Waals surface area contributed by atoms with E-state index in [4.69, 9.17) is 11.6 Å². The number of aryl methyl sites for hydroxylation is 1. The smallest absolute Gasteiger partial charge is 0.303 e. The van der Waals surface area contributed by atoms with Gasteiger partial charge in [0, 0.05) is 11.9 Å². The van der Waals surface area contributed by atoms with E-state index in [1.807, 2.05) is 36.4 Å². The third kappa shape index (κ3) is 4.14. The van der Waals surface area contributed by atoms with E-state index in [9.17, 15) is 18.0 Å². The van der Waals surface area contributed by atoms with Crippen molar-refractivity contribution in [1.82, 2.24) is 9.38 Å². The molecule has 0 aliphatic carbocycles. The zero-order chi connectivity index (χ0) is 22.2. The SMILES string of the molecule is Cc1nc2c(Cl)cc(C(F)(F)F)cn2c1C(=O)N(Cc1ccccc1)c1ccccc1. The molecule has 0 N–H and O–H groups in total. The maximum Gasteiger partial charge on any atom is 0.417 e. The predicted molar refractivity (Wildman–Crippen MR) is 113 cm³/mol. The Morgan fingerprint density at radius 3 is 2.29 bits per heavy atom. The Morgan fingerprint density at radius 2 is 1.68 bits per heavy atom. The molecule has 2 aromatic carbocycles. The number of fused-ring (bicyclic) bond motifs is 1. The first-order valence-electron chi connectivity index (χ1n) is 9.42. The van der Waals surface area contributed by atoms with Gasteiger partial charge in [-0.15, -0.1) is 0 Å². The fourth-order valence-corrected chi connectivity index (χ4v) is 3.66. The number of benzene rings is 2. The molecule has 31 heavy (non-hydrogen) atoms. The first-order valence-corrected chi connectivity index (χ1v) is 9.80. The van der Waals surface area contributed by atoms with Crippen LogP contribution in [0.3, 0.4) is 0 Å². The first kappa shape index (κ1) is 20.9. The van der Waals surface area contributed by atoms with Gasteiger partial charge in [0.15, 0.2) is 5.65 Å². The normalized spacial score (nSPS) is 11.6. The van der Waals surface area contributed by atoms with Crippen LogP contribution in [0.5, 0.6) is 0 Å². The molecule has 0 radical (unpaired) electrons. The maximum atomic E-state index is 13.7. The van der Waals surface area contributed by atoms with Crippen LogP contribution in [0.1, 0.15) is 27.3 Å². The van der Waals surface area contributed by atoms with E-state index in [1.54, 1.807) is 31.2 Å². The van der Waals surface area contributed by atoms with E-state index < -0.39 is 17.6 Å². The largest absolute Gasteiger partial charge is 0.417 e. The molecule has 2 heterocycles. The van der Waals surface area contributed by atoms with E-state index in [1.165, 1.54) is 4.90 Å². The molecule has 8 heteroatoms. The quantitative estimate of drug-likeness (QED) is 0.378. The Labute approximate surface area is 181 Å². The average Bonchev–Trinajstić information content (AvgIpc) is 3.09. The van der Waals surface area contributed by atoms with Gasteiger partial charge in [-0.25, -0.2) is 4.98 Å². The molecule has 4 nitrogen and oxygen atoms in total. The van der Waals surface area contributed by atoms with Gasteiger partial charge in [0.1, 0.15) is 5.69 Å². The zero-order valence-corrected chi connectivity index (χ0v) is 17.2. The molecule has 2 aromatic heterocycles. The lowest BCUT2D eigenvalue weighted by atomic mass is 10.1. The van der Waals surface area contributed by atoms with Crippen molar-refractivity contribution in [3.63, 3.8) is 0 Å². The van der Waals surface area contributed by atoms with E-state index in [0.29, 0.717) is 11.4 Å². The molecule has 1 amide bonds. The van der Waals surface area contributed by atoms with Crippen molar-refractivity contribution in [2.75, 3.05) is 4.90 Å². The number of hydrogen-bond acceptors (Lipinski definition) is 2. The summed E-state index contributed by atoms with van der Waals surface area (Å²) in [6, 6.07) is 19.1. The van der Waals surface area contributed by atoms with Crippen LogP contribution < -0.4 is 4.90 Å². The van der Waals surface area contributed by atoms with Gasteiger partial charge in [0.05, 0.1) is 22.8 Å².